The number of rotatable bonds is 7. The second-order valence-electron chi connectivity index (χ2n) is 8.19. The topological polar surface area (TPSA) is 96.8 Å². The third kappa shape index (κ3) is 4.71. The summed E-state index contributed by atoms with van der Waals surface area (Å²) in [5, 5.41) is 11.2. The summed E-state index contributed by atoms with van der Waals surface area (Å²) in [6.07, 6.45) is 4.65. The highest BCUT2D eigenvalue weighted by Crippen LogP contribution is 2.42. The van der Waals surface area contributed by atoms with E-state index in [0.29, 0.717) is 23.2 Å². The zero-order valence-electron chi connectivity index (χ0n) is 19.6. The zero-order valence-corrected chi connectivity index (χ0v) is 19.6. The van der Waals surface area contributed by atoms with E-state index in [1.54, 1.807) is 54.9 Å². The van der Waals surface area contributed by atoms with Crippen LogP contribution in [0.25, 0.3) is 5.76 Å². The molecule has 2 aromatic carbocycles. The summed E-state index contributed by atoms with van der Waals surface area (Å²) in [6, 6.07) is 16.1. The molecule has 1 aliphatic heterocycles. The predicted octanol–water partition coefficient (Wildman–Crippen LogP) is 4.84. The van der Waals surface area contributed by atoms with Gasteiger partial charge in [0.1, 0.15) is 5.76 Å². The molecule has 7 heteroatoms. The minimum absolute atomic E-state index is 0.0359. The van der Waals surface area contributed by atoms with E-state index in [4.69, 9.17) is 4.74 Å². The molecule has 0 aliphatic carbocycles. The molecule has 1 unspecified atom stereocenters. The first-order valence-corrected chi connectivity index (χ1v) is 11.5. The lowest BCUT2D eigenvalue weighted by Gasteiger charge is -2.25. The van der Waals surface area contributed by atoms with Crippen LogP contribution >= 0.6 is 0 Å². The molecule has 3 aromatic rings. The van der Waals surface area contributed by atoms with Gasteiger partial charge < -0.3 is 9.84 Å². The lowest BCUT2D eigenvalue weighted by Crippen LogP contribution is -2.29. The Morgan fingerprint density at radius 3 is 2.46 bits per heavy atom. The van der Waals surface area contributed by atoms with Crippen LogP contribution in [0.1, 0.15) is 53.4 Å². The number of amides is 1. The molecule has 1 aromatic heterocycles. The molecule has 35 heavy (non-hydrogen) atoms. The van der Waals surface area contributed by atoms with Crippen LogP contribution in [0, 0.1) is 0 Å². The molecule has 1 amide bonds. The van der Waals surface area contributed by atoms with Gasteiger partial charge in [-0.2, -0.15) is 0 Å². The normalized spacial score (nSPS) is 17.0. The first kappa shape index (κ1) is 23.9. The highest BCUT2D eigenvalue weighted by molar-refractivity contribution is 6.51. The largest absolute Gasteiger partial charge is 0.507 e. The number of nitrogens with zero attached hydrogens (tertiary/aromatic N) is 2. The van der Waals surface area contributed by atoms with Crippen molar-refractivity contribution in [3.63, 3.8) is 0 Å². The van der Waals surface area contributed by atoms with Gasteiger partial charge in [0.25, 0.3) is 11.7 Å². The van der Waals surface area contributed by atoms with Crippen LogP contribution in [-0.2, 0) is 20.7 Å². The predicted molar refractivity (Wildman–Crippen MR) is 132 cm³/mol. The highest BCUT2D eigenvalue weighted by atomic mass is 16.5. The molecule has 178 valence electrons. The van der Waals surface area contributed by atoms with Crippen LogP contribution in [-0.4, -0.2) is 34.4 Å². The van der Waals surface area contributed by atoms with Gasteiger partial charge in [0.15, 0.2) is 0 Å². The summed E-state index contributed by atoms with van der Waals surface area (Å²) in [5.41, 5.74) is 2.64. The molecule has 1 atom stereocenters. The number of aromatic nitrogens is 1. The van der Waals surface area contributed by atoms with Gasteiger partial charge in [0.05, 0.1) is 23.8 Å². The Morgan fingerprint density at radius 1 is 1.03 bits per heavy atom. The molecule has 2 heterocycles. The fourth-order valence-corrected chi connectivity index (χ4v) is 4.07. The molecular formula is C28H26N2O5. The monoisotopic (exact) mass is 470 g/mol. The number of anilines is 1. The van der Waals surface area contributed by atoms with Crippen molar-refractivity contribution in [2.75, 3.05) is 11.5 Å². The number of pyridine rings is 1. The van der Waals surface area contributed by atoms with Crippen molar-refractivity contribution in [2.24, 2.45) is 0 Å². The van der Waals surface area contributed by atoms with E-state index in [0.717, 1.165) is 12.0 Å². The van der Waals surface area contributed by atoms with Crippen molar-refractivity contribution >= 4 is 29.1 Å². The van der Waals surface area contributed by atoms with Crippen molar-refractivity contribution in [3.8, 4) is 0 Å². The number of carbonyl (C=O) groups excluding carboxylic acids is 3. The molecule has 0 saturated carbocycles. The number of aliphatic hydroxyl groups is 1. The first-order valence-electron chi connectivity index (χ1n) is 11.5. The van der Waals surface area contributed by atoms with Gasteiger partial charge >= 0.3 is 5.97 Å². The minimum atomic E-state index is -0.920. The summed E-state index contributed by atoms with van der Waals surface area (Å²) in [4.78, 5) is 44.4. The van der Waals surface area contributed by atoms with E-state index in [1.807, 2.05) is 26.0 Å². The molecule has 0 bridgehead atoms. The summed E-state index contributed by atoms with van der Waals surface area (Å²) in [5.74, 6) is -2.39. The van der Waals surface area contributed by atoms with Crippen LogP contribution in [0.15, 0.2) is 78.6 Å². The second-order valence-corrected chi connectivity index (χ2v) is 8.19. The lowest BCUT2D eigenvalue weighted by atomic mass is 9.95. The standard InChI is InChI=1S/C28H26N2O5/c1-3-15-35-28(34)20-7-5-9-22(16-20)30-24(21-8-6-14-29-17-21)23(26(32)27(30)33)25(31)19-12-10-18(4-2)11-13-19/h5-14,16-17,24,31H,3-4,15H2,1-2H3/b25-23+. The smallest absolute Gasteiger partial charge is 0.338 e. The number of carbonyl (C=O) groups is 3. The minimum Gasteiger partial charge on any atom is -0.507 e. The third-order valence-electron chi connectivity index (χ3n) is 5.88. The van der Waals surface area contributed by atoms with E-state index in [2.05, 4.69) is 4.98 Å². The molecule has 7 nitrogen and oxygen atoms in total. The Hall–Kier alpha value is -4.26. The van der Waals surface area contributed by atoms with Crippen molar-refractivity contribution in [2.45, 2.75) is 32.7 Å². The molecule has 1 N–H and O–H groups in total. The van der Waals surface area contributed by atoms with Crippen molar-refractivity contribution < 1.29 is 24.2 Å². The highest BCUT2D eigenvalue weighted by Gasteiger charge is 2.47. The van der Waals surface area contributed by atoms with Gasteiger partial charge in [-0.1, -0.05) is 50.2 Å². The average molecular weight is 471 g/mol. The molecule has 1 saturated heterocycles. The van der Waals surface area contributed by atoms with Crippen LogP contribution in [0.3, 0.4) is 0 Å². The molecule has 0 radical (unpaired) electrons. The fourth-order valence-electron chi connectivity index (χ4n) is 4.07. The van der Waals surface area contributed by atoms with E-state index in [-0.39, 0.29) is 23.5 Å². The Morgan fingerprint density at radius 2 is 1.80 bits per heavy atom. The molecule has 1 aliphatic rings. The van der Waals surface area contributed by atoms with Gasteiger partial charge in [0, 0.05) is 23.6 Å². The molecular weight excluding hydrogens is 444 g/mol. The summed E-state index contributed by atoms with van der Waals surface area (Å²) in [7, 11) is 0. The van der Waals surface area contributed by atoms with Crippen LogP contribution in [0.2, 0.25) is 0 Å². The van der Waals surface area contributed by atoms with Crippen molar-refractivity contribution in [1.82, 2.24) is 4.98 Å². The number of esters is 1. The molecule has 1 fully saturated rings. The maximum Gasteiger partial charge on any atom is 0.338 e. The van der Waals surface area contributed by atoms with E-state index < -0.39 is 23.7 Å². The number of aliphatic hydroxyl groups excluding tert-OH is 1. The number of benzene rings is 2. The van der Waals surface area contributed by atoms with Gasteiger partial charge in [-0.25, -0.2) is 4.79 Å². The number of Topliss-reactive ketones (excluding diaryl/α,β-unsaturated/α-hetero) is 1. The quantitative estimate of drug-likeness (QED) is 0.230. The Kier molecular flexibility index (Phi) is 7.06. The number of hydrogen-bond donors (Lipinski definition) is 1. The average Bonchev–Trinajstić information content (AvgIpc) is 3.17. The molecule has 0 spiro atoms. The zero-order chi connectivity index (χ0) is 24.9. The summed E-state index contributed by atoms with van der Waals surface area (Å²) in [6.45, 7) is 4.20. The van der Waals surface area contributed by atoms with Crippen LogP contribution in [0.4, 0.5) is 5.69 Å². The Labute approximate surface area is 203 Å². The van der Waals surface area contributed by atoms with Gasteiger partial charge in [-0.3, -0.25) is 19.5 Å². The van der Waals surface area contributed by atoms with Crippen molar-refractivity contribution in [1.29, 1.82) is 0 Å². The maximum absolute atomic E-state index is 13.3. The van der Waals surface area contributed by atoms with Crippen molar-refractivity contribution in [3.05, 3.63) is 101 Å². The van der Waals surface area contributed by atoms with Gasteiger partial charge in [-0.15, -0.1) is 0 Å². The fraction of sp³-hybridized carbons (Fsp3) is 0.214. The van der Waals surface area contributed by atoms with Gasteiger partial charge in [0.2, 0.25) is 0 Å². The van der Waals surface area contributed by atoms with Crippen LogP contribution in [0.5, 0.6) is 0 Å². The van der Waals surface area contributed by atoms with Gasteiger partial charge in [-0.05, 0) is 48.2 Å². The third-order valence-corrected chi connectivity index (χ3v) is 5.88. The SMILES string of the molecule is CCCOC(=O)c1cccc(N2C(=O)C(=O)/C(=C(/O)c3ccc(CC)cc3)C2c2cccnc2)c1. The molecule has 4 rings (SSSR count). The number of aryl methyl sites for hydroxylation is 1. The maximum atomic E-state index is 13.3. The van der Waals surface area contributed by atoms with Crippen LogP contribution < -0.4 is 4.90 Å². The number of ketones is 1. The van der Waals surface area contributed by atoms with E-state index >= 15 is 0 Å². The second kappa shape index (κ2) is 10.3. The number of ether oxygens (including phenoxy) is 1. The summed E-state index contributed by atoms with van der Waals surface area (Å²) >= 11 is 0. The number of hydrogen-bond acceptors (Lipinski definition) is 6. The van der Waals surface area contributed by atoms with E-state index in [1.165, 1.54) is 11.0 Å². The van der Waals surface area contributed by atoms with E-state index in [9.17, 15) is 19.5 Å². The summed E-state index contributed by atoms with van der Waals surface area (Å²) < 4.78 is 5.22. The Bertz CT molecular complexity index is 1280. The first-order chi connectivity index (χ1) is 17.0. The lowest BCUT2D eigenvalue weighted by molar-refractivity contribution is -0.132. The Balaban J connectivity index is 1.84.